The molecule has 1 aliphatic rings. The van der Waals surface area contributed by atoms with Crippen molar-refractivity contribution >= 4 is 5.69 Å². The van der Waals surface area contributed by atoms with Crippen LogP contribution in [0.5, 0.6) is 0 Å². The molecular formula is C16H17NO. The maximum absolute atomic E-state index is 5.42. The molecule has 0 fully saturated rings. The van der Waals surface area contributed by atoms with Crippen LogP contribution < -0.4 is 5.32 Å². The van der Waals surface area contributed by atoms with Crippen LogP contribution in [0.4, 0.5) is 5.69 Å². The zero-order valence-electron chi connectivity index (χ0n) is 10.6. The molecule has 0 aromatic heterocycles. The molecule has 1 N–H and O–H groups in total. The van der Waals surface area contributed by atoms with Crippen molar-refractivity contribution < 1.29 is 4.74 Å². The van der Waals surface area contributed by atoms with Gasteiger partial charge in [-0.05, 0) is 35.7 Å². The van der Waals surface area contributed by atoms with Crippen LogP contribution >= 0.6 is 0 Å². The summed E-state index contributed by atoms with van der Waals surface area (Å²) in [6, 6.07) is 15.1. The minimum absolute atomic E-state index is 0.745. The molecule has 18 heavy (non-hydrogen) atoms. The van der Waals surface area contributed by atoms with Gasteiger partial charge in [0.05, 0.1) is 13.2 Å². The van der Waals surface area contributed by atoms with Crippen LogP contribution in [-0.2, 0) is 24.5 Å². The lowest BCUT2D eigenvalue weighted by Crippen LogP contribution is -2.00. The maximum atomic E-state index is 5.42. The van der Waals surface area contributed by atoms with E-state index >= 15 is 0 Å². The fourth-order valence-corrected chi connectivity index (χ4v) is 2.31. The topological polar surface area (TPSA) is 21.3 Å². The van der Waals surface area contributed by atoms with Crippen molar-refractivity contribution in [2.75, 3.05) is 5.32 Å². The van der Waals surface area contributed by atoms with E-state index < -0.39 is 0 Å². The molecule has 0 amide bonds. The molecule has 0 saturated heterocycles. The van der Waals surface area contributed by atoms with Gasteiger partial charge < -0.3 is 10.1 Å². The van der Waals surface area contributed by atoms with Crippen LogP contribution in [0.1, 0.15) is 22.3 Å². The first-order chi connectivity index (χ1) is 8.81. The van der Waals surface area contributed by atoms with Gasteiger partial charge in [-0.3, -0.25) is 0 Å². The van der Waals surface area contributed by atoms with Crippen LogP contribution in [0.3, 0.4) is 0 Å². The van der Waals surface area contributed by atoms with Crippen LogP contribution in [0.25, 0.3) is 0 Å². The van der Waals surface area contributed by atoms with Crippen molar-refractivity contribution in [1.82, 2.24) is 0 Å². The number of hydrogen-bond donors (Lipinski definition) is 1. The van der Waals surface area contributed by atoms with Gasteiger partial charge in [0.15, 0.2) is 0 Å². The number of anilines is 1. The normalized spacial score (nSPS) is 13.4. The minimum Gasteiger partial charge on any atom is -0.381 e. The van der Waals surface area contributed by atoms with Crippen LogP contribution in [-0.4, -0.2) is 0 Å². The van der Waals surface area contributed by atoms with Crippen molar-refractivity contribution in [3.63, 3.8) is 0 Å². The molecular weight excluding hydrogens is 222 g/mol. The van der Waals surface area contributed by atoms with Crippen LogP contribution in [0.2, 0.25) is 0 Å². The summed E-state index contributed by atoms with van der Waals surface area (Å²) in [6.07, 6.45) is 0. The first-order valence-electron chi connectivity index (χ1n) is 6.30. The molecule has 0 aliphatic carbocycles. The third kappa shape index (κ3) is 2.39. The van der Waals surface area contributed by atoms with E-state index in [1.54, 1.807) is 0 Å². The molecule has 2 nitrogen and oxygen atoms in total. The van der Waals surface area contributed by atoms with Gasteiger partial charge >= 0.3 is 0 Å². The summed E-state index contributed by atoms with van der Waals surface area (Å²) in [7, 11) is 0. The quantitative estimate of drug-likeness (QED) is 0.883. The molecule has 2 aromatic rings. The lowest BCUT2D eigenvalue weighted by molar-refractivity contribution is 0.134. The molecule has 2 aromatic carbocycles. The SMILES string of the molecule is Cc1cccc(CNc2ccc3c(c2)COC3)c1. The lowest BCUT2D eigenvalue weighted by Gasteiger charge is -2.08. The largest absolute Gasteiger partial charge is 0.381 e. The van der Waals surface area contributed by atoms with Gasteiger partial charge in [-0.2, -0.15) is 0 Å². The second-order valence-electron chi connectivity index (χ2n) is 4.82. The third-order valence-electron chi connectivity index (χ3n) is 3.30. The minimum atomic E-state index is 0.745. The lowest BCUT2D eigenvalue weighted by atomic mass is 10.1. The average Bonchev–Trinajstić information content (AvgIpc) is 2.84. The summed E-state index contributed by atoms with van der Waals surface area (Å²) >= 11 is 0. The van der Waals surface area contributed by atoms with Gasteiger partial charge in [0.1, 0.15) is 0 Å². The van der Waals surface area contributed by atoms with E-state index in [-0.39, 0.29) is 0 Å². The first-order valence-corrected chi connectivity index (χ1v) is 6.30. The number of nitrogens with one attached hydrogen (secondary N) is 1. The van der Waals surface area contributed by atoms with Gasteiger partial charge in [-0.25, -0.2) is 0 Å². The molecule has 1 aliphatic heterocycles. The Morgan fingerprint density at radius 1 is 1.06 bits per heavy atom. The molecule has 0 bridgehead atoms. The Hall–Kier alpha value is -1.80. The number of fused-ring (bicyclic) bond motifs is 1. The molecule has 0 spiro atoms. The number of ether oxygens (including phenoxy) is 1. The van der Waals surface area contributed by atoms with Gasteiger partial charge in [0, 0.05) is 12.2 Å². The van der Waals surface area contributed by atoms with Crippen molar-refractivity contribution in [2.45, 2.75) is 26.7 Å². The van der Waals surface area contributed by atoms with Crippen molar-refractivity contribution in [3.8, 4) is 0 Å². The smallest absolute Gasteiger partial charge is 0.0725 e. The Balaban J connectivity index is 1.70. The number of aryl methyl sites for hydroxylation is 1. The van der Waals surface area contributed by atoms with Crippen LogP contribution in [0, 0.1) is 6.92 Å². The highest BCUT2D eigenvalue weighted by atomic mass is 16.5. The molecule has 3 rings (SSSR count). The fraction of sp³-hybridized carbons (Fsp3) is 0.250. The summed E-state index contributed by atoms with van der Waals surface area (Å²) < 4.78 is 5.42. The van der Waals surface area contributed by atoms with Crippen molar-refractivity contribution in [3.05, 3.63) is 64.7 Å². The zero-order chi connectivity index (χ0) is 12.4. The third-order valence-corrected chi connectivity index (χ3v) is 3.30. The number of benzene rings is 2. The highest BCUT2D eigenvalue weighted by Gasteiger charge is 2.10. The summed E-state index contributed by atoms with van der Waals surface area (Å²) in [6.45, 7) is 4.49. The Morgan fingerprint density at radius 2 is 1.94 bits per heavy atom. The van der Waals surface area contributed by atoms with Crippen molar-refractivity contribution in [1.29, 1.82) is 0 Å². The summed E-state index contributed by atoms with van der Waals surface area (Å²) in [4.78, 5) is 0. The predicted octanol–water partition coefficient (Wildman–Crippen LogP) is 3.64. The van der Waals surface area contributed by atoms with E-state index in [4.69, 9.17) is 4.74 Å². The Labute approximate surface area is 108 Å². The molecule has 92 valence electrons. The van der Waals surface area contributed by atoms with Gasteiger partial charge in [-0.15, -0.1) is 0 Å². The van der Waals surface area contributed by atoms with Crippen molar-refractivity contribution in [2.24, 2.45) is 0 Å². The van der Waals surface area contributed by atoms with E-state index in [9.17, 15) is 0 Å². The number of hydrogen-bond acceptors (Lipinski definition) is 2. The molecule has 0 unspecified atom stereocenters. The van der Waals surface area contributed by atoms with Gasteiger partial charge in [0.2, 0.25) is 0 Å². The predicted molar refractivity (Wildman–Crippen MR) is 73.4 cm³/mol. The Bertz CT molecular complexity index is 563. The standard InChI is InChI=1S/C16H17NO/c1-12-3-2-4-13(7-12)9-17-16-6-5-14-10-18-11-15(14)8-16/h2-8,17H,9-11H2,1H3. The summed E-state index contributed by atoms with van der Waals surface area (Å²) in [5, 5.41) is 3.46. The number of rotatable bonds is 3. The van der Waals surface area contributed by atoms with Gasteiger partial charge in [0.25, 0.3) is 0 Å². The van der Waals surface area contributed by atoms with E-state index in [2.05, 4.69) is 54.7 Å². The molecule has 0 saturated carbocycles. The molecule has 0 atom stereocenters. The second-order valence-corrected chi connectivity index (χ2v) is 4.82. The second kappa shape index (κ2) is 4.83. The summed E-state index contributed by atoms with van der Waals surface area (Å²) in [5.74, 6) is 0. The summed E-state index contributed by atoms with van der Waals surface area (Å²) in [5.41, 5.74) is 6.41. The van der Waals surface area contributed by atoms with E-state index in [0.717, 1.165) is 19.8 Å². The highest BCUT2D eigenvalue weighted by Crippen LogP contribution is 2.23. The van der Waals surface area contributed by atoms with E-state index in [0.29, 0.717) is 0 Å². The zero-order valence-corrected chi connectivity index (χ0v) is 10.6. The fourth-order valence-electron chi connectivity index (χ4n) is 2.31. The Kier molecular flexibility index (Phi) is 3.03. The van der Waals surface area contributed by atoms with E-state index in [1.165, 1.54) is 27.9 Å². The maximum Gasteiger partial charge on any atom is 0.0725 e. The van der Waals surface area contributed by atoms with Gasteiger partial charge in [-0.1, -0.05) is 35.9 Å². The molecule has 0 radical (unpaired) electrons. The van der Waals surface area contributed by atoms with E-state index in [1.807, 2.05) is 0 Å². The molecule has 2 heteroatoms. The average molecular weight is 239 g/mol. The molecule has 1 heterocycles. The Morgan fingerprint density at radius 3 is 2.83 bits per heavy atom. The monoisotopic (exact) mass is 239 g/mol. The first kappa shape index (κ1) is 11.3. The van der Waals surface area contributed by atoms with Crippen LogP contribution in [0.15, 0.2) is 42.5 Å². The highest BCUT2D eigenvalue weighted by molar-refractivity contribution is 5.49.